The quantitative estimate of drug-likeness (QED) is 0.902. The average Bonchev–Trinajstić information content (AvgIpc) is 2.35. The van der Waals surface area contributed by atoms with Gasteiger partial charge in [-0.25, -0.2) is 0 Å². The Bertz CT molecular complexity index is 419. The maximum Gasteiger partial charge on any atom is 0.175 e. The zero-order chi connectivity index (χ0) is 13.9. The lowest BCUT2D eigenvalue weighted by molar-refractivity contribution is 0.347. The van der Waals surface area contributed by atoms with Crippen LogP contribution in [0.3, 0.4) is 0 Å². The Kier molecular flexibility index (Phi) is 5.47. The van der Waals surface area contributed by atoms with Crippen molar-refractivity contribution < 1.29 is 9.47 Å². The SMILES string of the molecule is COc1c(Br)cc(C(C)CN)c(C(C)C)c1OC. The van der Waals surface area contributed by atoms with Crippen molar-refractivity contribution in [3.63, 3.8) is 0 Å². The molecule has 0 amide bonds. The number of ether oxygens (including phenoxy) is 2. The molecular formula is C14H22BrNO2. The molecule has 4 heteroatoms. The van der Waals surface area contributed by atoms with E-state index in [9.17, 15) is 0 Å². The molecule has 0 aromatic heterocycles. The number of hydrogen-bond acceptors (Lipinski definition) is 3. The zero-order valence-electron chi connectivity index (χ0n) is 11.7. The van der Waals surface area contributed by atoms with Crippen molar-refractivity contribution >= 4 is 15.9 Å². The van der Waals surface area contributed by atoms with Gasteiger partial charge in [0.2, 0.25) is 0 Å². The Hall–Kier alpha value is -0.740. The summed E-state index contributed by atoms with van der Waals surface area (Å²) >= 11 is 3.53. The van der Waals surface area contributed by atoms with Crippen LogP contribution in [0.1, 0.15) is 43.7 Å². The van der Waals surface area contributed by atoms with Crippen LogP contribution in [0.4, 0.5) is 0 Å². The third-order valence-corrected chi connectivity index (χ3v) is 3.72. The minimum absolute atomic E-state index is 0.290. The molecular weight excluding hydrogens is 294 g/mol. The van der Waals surface area contributed by atoms with E-state index in [1.165, 1.54) is 11.1 Å². The van der Waals surface area contributed by atoms with Crippen molar-refractivity contribution in [2.45, 2.75) is 32.6 Å². The standard InChI is InChI=1S/C14H22BrNO2/c1-8(2)12-10(9(3)7-16)6-11(15)13(17-4)14(12)18-5/h6,8-9H,7,16H2,1-5H3. The van der Waals surface area contributed by atoms with E-state index in [0.29, 0.717) is 18.4 Å². The van der Waals surface area contributed by atoms with Gasteiger partial charge in [0.1, 0.15) is 0 Å². The number of methoxy groups -OCH3 is 2. The first kappa shape index (κ1) is 15.3. The molecule has 1 unspecified atom stereocenters. The van der Waals surface area contributed by atoms with Crippen LogP contribution in [0.5, 0.6) is 11.5 Å². The average molecular weight is 316 g/mol. The topological polar surface area (TPSA) is 44.5 Å². The van der Waals surface area contributed by atoms with Crippen molar-refractivity contribution in [3.05, 3.63) is 21.7 Å². The number of hydrogen-bond donors (Lipinski definition) is 1. The summed E-state index contributed by atoms with van der Waals surface area (Å²) < 4.78 is 11.9. The molecule has 18 heavy (non-hydrogen) atoms. The smallest absolute Gasteiger partial charge is 0.175 e. The Morgan fingerprint density at radius 3 is 2.11 bits per heavy atom. The lowest BCUT2D eigenvalue weighted by Gasteiger charge is -2.23. The van der Waals surface area contributed by atoms with Gasteiger partial charge in [-0.1, -0.05) is 20.8 Å². The minimum atomic E-state index is 0.290. The molecule has 0 heterocycles. The van der Waals surface area contributed by atoms with Crippen LogP contribution in [0.2, 0.25) is 0 Å². The van der Waals surface area contributed by atoms with Crippen LogP contribution in [0, 0.1) is 0 Å². The summed E-state index contributed by atoms with van der Waals surface area (Å²) in [6.45, 7) is 7.04. The molecule has 3 nitrogen and oxygen atoms in total. The van der Waals surface area contributed by atoms with Crippen molar-refractivity contribution in [1.82, 2.24) is 0 Å². The van der Waals surface area contributed by atoms with E-state index in [-0.39, 0.29) is 0 Å². The van der Waals surface area contributed by atoms with Gasteiger partial charge in [0.25, 0.3) is 0 Å². The van der Waals surface area contributed by atoms with E-state index in [1.54, 1.807) is 14.2 Å². The summed E-state index contributed by atoms with van der Waals surface area (Å²) in [5.74, 6) is 2.19. The molecule has 0 fully saturated rings. The summed E-state index contributed by atoms with van der Waals surface area (Å²) in [5, 5.41) is 0. The molecule has 0 saturated carbocycles. The fraction of sp³-hybridized carbons (Fsp3) is 0.571. The van der Waals surface area contributed by atoms with E-state index >= 15 is 0 Å². The first-order valence-electron chi connectivity index (χ1n) is 6.12. The van der Waals surface area contributed by atoms with Crippen molar-refractivity contribution in [3.8, 4) is 11.5 Å². The normalized spacial score (nSPS) is 12.7. The molecule has 0 aliphatic heterocycles. The maximum absolute atomic E-state index is 5.80. The Morgan fingerprint density at radius 2 is 1.72 bits per heavy atom. The van der Waals surface area contributed by atoms with Crippen LogP contribution in [0.15, 0.2) is 10.5 Å². The molecule has 1 aromatic carbocycles. The van der Waals surface area contributed by atoms with Crippen molar-refractivity contribution in [1.29, 1.82) is 0 Å². The second-order valence-corrected chi connectivity index (χ2v) is 5.57. The van der Waals surface area contributed by atoms with Crippen LogP contribution in [-0.4, -0.2) is 20.8 Å². The molecule has 0 bridgehead atoms. The highest BCUT2D eigenvalue weighted by Crippen LogP contribution is 2.45. The molecule has 1 atom stereocenters. The molecule has 0 spiro atoms. The fourth-order valence-corrected chi connectivity index (χ4v) is 2.75. The number of halogens is 1. The summed E-state index contributed by atoms with van der Waals surface area (Å²) in [4.78, 5) is 0. The van der Waals surface area contributed by atoms with Crippen molar-refractivity contribution in [2.24, 2.45) is 5.73 Å². The Labute approximate surface area is 118 Å². The maximum atomic E-state index is 5.80. The summed E-state index contributed by atoms with van der Waals surface area (Å²) in [6, 6.07) is 2.09. The predicted octanol–water partition coefficient (Wildman–Crippen LogP) is 3.65. The highest BCUT2D eigenvalue weighted by Gasteiger charge is 2.23. The molecule has 1 rings (SSSR count). The Balaban J connectivity index is 3.57. The molecule has 2 N–H and O–H groups in total. The van der Waals surface area contributed by atoms with E-state index in [2.05, 4.69) is 42.8 Å². The fourth-order valence-electron chi connectivity index (χ4n) is 2.16. The second-order valence-electron chi connectivity index (χ2n) is 4.72. The van der Waals surface area contributed by atoms with E-state index in [0.717, 1.165) is 16.0 Å². The number of nitrogens with two attached hydrogens (primary N) is 1. The van der Waals surface area contributed by atoms with Crippen LogP contribution in [0.25, 0.3) is 0 Å². The third kappa shape index (κ3) is 2.81. The lowest BCUT2D eigenvalue weighted by atomic mass is 9.88. The minimum Gasteiger partial charge on any atom is -0.493 e. The third-order valence-electron chi connectivity index (χ3n) is 3.13. The molecule has 0 saturated heterocycles. The highest BCUT2D eigenvalue weighted by atomic mass is 79.9. The molecule has 0 aliphatic rings. The van der Waals surface area contributed by atoms with Gasteiger partial charge < -0.3 is 15.2 Å². The second kappa shape index (κ2) is 6.43. The van der Waals surface area contributed by atoms with Gasteiger partial charge in [0, 0.05) is 5.56 Å². The van der Waals surface area contributed by atoms with E-state index < -0.39 is 0 Å². The Morgan fingerprint density at radius 1 is 1.17 bits per heavy atom. The van der Waals surface area contributed by atoms with Gasteiger partial charge in [0.05, 0.1) is 18.7 Å². The number of rotatable bonds is 5. The lowest BCUT2D eigenvalue weighted by Crippen LogP contribution is -2.13. The zero-order valence-corrected chi connectivity index (χ0v) is 13.3. The van der Waals surface area contributed by atoms with Gasteiger partial charge in [-0.2, -0.15) is 0 Å². The largest absolute Gasteiger partial charge is 0.493 e. The first-order valence-corrected chi connectivity index (χ1v) is 6.91. The van der Waals surface area contributed by atoms with Crippen LogP contribution < -0.4 is 15.2 Å². The van der Waals surface area contributed by atoms with Gasteiger partial charge in [-0.15, -0.1) is 0 Å². The van der Waals surface area contributed by atoms with E-state index in [1.807, 2.05) is 0 Å². The predicted molar refractivity (Wildman–Crippen MR) is 78.8 cm³/mol. The summed E-state index contributed by atoms with van der Waals surface area (Å²) in [6.07, 6.45) is 0. The van der Waals surface area contributed by atoms with Crippen LogP contribution >= 0.6 is 15.9 Å². The van der Waals surface area contributed by atoms with Gasteiger partial charge in [0.15, 0.2) is 11.5 Å². The van der Waals surface area contributed by atoms with Gasteiger partial charge in [-0.3, -0.25) is 0 Å². The molecule has 0 aliphatic carbocycles. The van der Waals surface area contributed by atoms with Crippen molar-refractivity contribution in [2.75, 3.05) is 20.8 Å². The molecule has 1 aromatic rings. The molecule has 102 valence electrons. The van der Waals surface area contributed by atoms with Crippen LogP contribution in [-0.2, 0) is 0 Å². The van der Waals surface area contributed by atoms with E-state index in [4.69, 9.17) is 15.2 Å². The summed E-state index contributed by atoms with van der Waals surface area (Å²) in [7, 11) is 3.33. The van der Waals surface area contributed by atoms with Gasteiger partial charge >= 0.3 is 0 Å². The first-order chi connectivity index (χ1) is 8.47. The highest BCUT2D eigenvalue weighted by molar-refractivity contribution is 9.10. The summed E-state index contributed by atoms with van der Waals surface area (Å²) in [5.41, 5.74) is 8.19. The van der Waals surface area contributed by atoms with Gasteiger partial charge in [-0.05, 0) is 45.9 Å². The number of benzene rings is 1. The monoisotopic (exact) mass is 315 g/mol. The molecule has 0 radical (unpaired) electrons.